The van der Waals surface area contributed by atoms with Gasteiger partial charge in [0.2, 0.25) is 0 Å². The van der Waals surface area contributed by atoms with E-state index in [0.29, 0.717) is 0 Å². The highest BCUT2D eigenvalue weighted by Gasteiger charge is 2.28. The Hall–Kier alpha value is 0.400. The minimum atomic E-state index is -0.0831. The van der Waals surface area contributed by atoms with Crippen LogP contribution in [0.3, 0.4) is 0 Å². The molecule has 0 aromatic rings. The molecule has 0 amide bonds. The number of aliphatic hydroxyl groups excluding tert-OH is 2. The Kier molecular flexibility index (Phi) is 21.2. The molecule has 2 aliphatic rings. The van der Waals surface area contributed by atoms with E-state index in [1.54, 1.807) is 0 Å². The monoisotopic (exact) mass is 560 g/mol. The number of aliphatic hydroxyl groups is 2. The van der Waals surface area contributed by atoms with Crippen molar-refractivity contribution in [2.24, 2.45) is 9.98 Å². The lowest BCUT2D eigenvalue weighted by molar-refractivity contribution is -0.913. The molecule has 2 saturated heterocycles. The highest BCUT2D eigenvalue weighted by molar-refractivity contribution is 9.09. The molecular formula is C18H34Br2N4O2S2. The second kappa shape index (κ2) is 19.4. The van der Waals surface area contributed by atoms with Crippen molar-refractivity contribution in [3.8, 4) is 0 Å². The Balaban J connectivity index is 0. The van der Waals surface area contributed by atoms with Gasteiger partial charge in [-0.05, 0) is 44.3 Å². The van der Waals surface area contributed by atoms with E-state index < -0.39 is 0 Å². The Morgan fingerprint density at radius 1 is 1.00 bits per heavy atom. The number of likely N-dealkylation sites (tertiary alicyclic amines) is 2. The molecule has 0 aliphatic carbocycles. The molecule has 0 unspecified atom stereocenters. The number of thiocarbonyl (C=S) groups is 2. The number of rotatable bonds is 5. The number of likely N-dealkylation sites (N-methyl/N-ethyl adjacent to an activating group) is 1. The number of alkyl halides is 1. The molecule has 0 aromatic heterocycles. The van der Waals surface area contributed by atoms with Gasteiger partial charge in [-0.15, -0.1) is 0 Å². The average molecular weight is 562 g/mol. The minimum absolute atomic E-state index is 0. The topological polar surface area (TPSA) is 68.4 Å². The lowest BCUT2D eigenvalue weighted by Crippen LogP contribution is -3.00. The summed E-state index contributed by atoms with van der Waals surface area (Å²) in [6, 6.07) is 0. The van der Waals surface area contributed by atoms with Crippen molar-refractivity contribution in [3.63, 3.8) is 0 Å². The zero-order valence-corrected chi connectivity index (χ0v) is 21.7. The van der Waals surface area contributed by atoms with Crippen molar-refractivity contribution in [1.82, 2.24) is 4.90 Å². The first-order chi connectivity index (χ1) is 12.9. The molecule has 0 atom stereocenters. The molecule has 2 N–H and O–H groups in total. The van der Waals surface area contributed by atoms with Gasteiger partial charge in [-0.2, -0.15) is 0 Å². The van der Waals surface area contributed by atoms with Gasteiger partial charge in [-0.25, -0.2) is 9.98 Å². The van der Waals surface area contributed by atoms with Crippen LogP contribution in [0.4, 0.5) is 0 Å². The molecule has 2 heterocycles. The molecule has 28 heavy (non-hydrogen) atoms. The summed E-state index contributed by atoms with van der Waals surface area (Å²) in [4.78, 5) is 9.77. The summed E-state index contributed by atoms with van der Waals surface area (Å²) in [5.41, 5.74) is 0. The predicted molar refractivity (Wildman–Crippen MR) is 122 cm³/mol. The maximum Gasteiger partial charge on any atom is 0.0991 e. The molecule has 2 fully saturated rings. The van der Waals surface area contributed by atoms with Crippen molar-refractivity contribution in [1.29, 1.82) is 0 Å². The second-order valence-electron chi connectivity index (χ2n) is 7.19. The lowest BCUT2D eigenvalue weighted by Gasteiger charge is -2.38. The van der Waals surface area contributed by atoms with Gasteiger partial charge < -0.3 is 36.6 Å². The predicted octanol–water partition coefficient (Wildman–Crippen LogP) is -0.748. The standard InChI is InChI=1S/C9H17N2OS.C6H13NO.C3H4BrNS.BrH/c1-11(7-4-10-8-13)5-2-9(12)3-6-11;1-7-4-2-6(8)3-5-7;4-1-2-5-3-6;/h9,12H,2-7H2,1H3;6,8H,2-5H2,1H3;1-2H2;1H/q+1;;;/p-1. The average Bonchev–Trinajstić information content (AvgIpc) is 2.66. The van der Waals surface area contributed by atoms with E-state index in [0.717, 1.165) is 81.3 Å². The SMILES string of the molecule is CN1CCC(O)CC1.C[N+]1(CCN=C=S)CCC(O)CC1.S=C=NCCBr.[Br-]. The first-order valence-electron chi connectivity index (χ1n) is 9.38. The third kappa shape index (κ3) is 17.3. The highest BCUT2D eigenvalue weighted by Crippen LogP contribution is 2.16. The molecule has 2 aliphatic heterocycles. The van der Waals surface area contributed by atoms with E-state index in [1.807, 2.05) is 0 Å². The number of halogens is 2. The molecule has 0 aromatic carbocycles. The van der Waals surface area contributed by atoms with E-state index >= 15 is 0 Å². The summed E-state index contributed by atoms with van der Waals surface area (Å²) < 4.78 is 1.01. The molecule has 0 spiro atoms. The molecule has 2 rings (SSSR count). The van der Waals surface area contributed by atoms with E-state index in [-0.39, 0.29) is 29.2 Å². The fraction of sp³-hybridized carbons (Fsp3) is 0.889. The van der Waals surface area contributed by atoms with Crippen LogP contribution in [-0.4, -0.2) is 107 Å². The third-order valence-electron chi connectivity index (χ3n) is 4.77. The Morgan fingerprint density at radius 3 is 1.86 bits per heavy atom. The molecule has 0 saturated carbocycles. The largest absolute Gasteiger partial charge is 1.00 e. The molecular weight excluding hydrogens is 528 g/mol. The van der Waals surface area contributed by atoms with Crippen LogP contribution in [0.1, 0.15) is 25.7 Å². The summed E-state index contributed by atoms with van der Waals surface area (Å²) >= 11 is 12.0. The molecule has 10 heteroatoms. The van der Waals surface area contributed by atoms with Crippen LogP contribution in [0.25, 0.3) is 0 Å². The van der Waals surface area contributed by atoms with E-state index in [1.165, 1.54) is 0 Å². The van der Waals surface area contributed by atoms with Crippen LogP contribution < -0.4 is 17.0 Å². The normalized spacial score (nSPS) is 24.7. The van der Waals surface area contributed by atoms with Gasteiger partial charge >= 0.3 is 0 Å². The van der Waals surface area contributed by atoms with Crippen molar-refractivity contribution in [2.75, 3.05) is 65.2 Å². The number of nitrogens with zero attached hydrogens (tertiary/aromatic N) is 4. The summed E-state index contributed by atoms with van der Waals surface area (Å²) in [7, 11) is 4.30. The van der Waals surface area contributed by atoms with Crippen LogP contribution >= 0.6 is 40.4 Å². The maximum atomic E-state index is 9.35. The van der Waals surface area contributed by atoms with Crippen LogP contribution in [0.15, 0.2) is 9.98 Å². The van der Waals surface area contributed by atoms with Gasteiger partial charge in [-0.1, -0.05) is 15.9 Å². The molecule has 164 valence electrons. The number of quaternary nitrogens is 1. The van der Waals surface area contributed by atoms with Crippen LogP contribution in [0.2, 0.25) is 0 Å². The zero-order valence-electron chi connectivity index (χ0n) is 16.9. The maximum absolute atomic E-state index is 9.35. The number of isothiocyanates is 2. The van der Waals surface area contributed by atoms with E-state index in [2.05, 4.69) is 79.7 Å². The number of hydrogen-bond acceptors (Lipinski definition) is 7. The quantitative estimate of drug-likeness (QED) is 0.200. The van der Waals surface area contributed by atoms with Gasteiger partial charge in [0.05, 0.1) is 62.3 Å². The lowest BCUT2D eigenvalue weighted by atomic mass is 10.1. The highest BCUT2D eigenvalue weighted by atomic mass is 79.9. The van der Waals surface area contributed by atoms with Crippen molar-refractivity contribution >= 4 is 50.7 Å². The molecule has 6 nitrogen and oxygen atoms in total. The minimum Gasteiger partial charge on any atom is -1.00 e. The van der Waals surface area contributed by atoms with Gasteiger partial charge in [0.15, 0.2) is 0 Å². The fourth-order valence-corrected chi connectivity index (χ4v) is 3.18. The Bertz CT molecular complexity index is 464. The number of piperidine rings is 2. The fourth-order valence-electron chi connectivity index (χ4n) is 2.82. The van der Waals surface area contributed by atoms with Gasteiger partial charge in [0.1, 0.15) is 0 Å². The summed E-state index contributed by atoms with van der Waals surface area (Å²) in [6.45, 7) is 6.72. The third-order valence-corrected chi connectivity index (χ3v) is 5.38. The Morgan fingerprint density at radius 2 is 1.46 bits per heavy atom. The van der Waals surface area contributed by atoms with Gasteiger partial charge in [0.25, 0.3) is 0 Å². The van der Waals surface area contributed by atoms with Crippen LogP contribution in [0, 0.1) is 0 Å². The smallest absolute Gasteiger partial charge is 0.0991 e. The summed E-state index contributed by atoms with van der Waals surface area (Å²) in [6.07, 6.45) is 3.63. The number of hydrogen-bond donors (Lipinski definition) is 2. The summed E-state index contributed by atoms with van der Waals surface area (Å²) in [5.74, 6) is 0. The van der Waals surface area contributed by atoms with E-state index in [4.69, 9.17) is 5.11 Å². The zero-order chi connectivity index (χ0) is 20.5. The van der Waals surface area contributed by atoms with Crippen molar-refractivity contribution in [2.45, 2.75) is 37.9 Å². The molecule has 0 bridgehead atoms. The first-order valence-corrected chi connectivity index (χ1v) is 11.3. The van der Waals surface area contributed by atoms with Gasteiger partial charge in [0, 0.05) is 31.3 Å². The van der Waals surface area contributed by atoms with Crippen molar-refractivity contribution in [3.05, 3.63) is 0 Å². The first kappa shape index (κ1) is 30.6. The number of aliphatic imine (C=N–C) groups is 2. The second-order valence-corrected chi connectivity index (χ2v) is 8.35. The van der Waals surface area contributed by atoms with Gasteiger partial charge in [-0.3, -0.25) is 0 Å². The van der Waals surface area contributed by atoms with Crippen molar-refractivity contribution < 1.29 is 31.7 Å². The summed E-state index contributed by atoms with van der Waals surface area (Å²) in [5, 5.41) is 23.9. The molecule has 0 radical (unpaired) electrons. The van der Waals surface area contributed by atoms with Crippen LogP contribution in [0.5, 0.6) is 0 Å². The van der Waals surface area contributed by atoms with Crippen LogP contribution in [-0.2, 0) is 0 Å². The van der Waals surface area contributed by atoms with E-state index in [9.17, 15) is 5.11 Å². The Labute approximate surface area is 199 Å².